The van der Waals surface area contributed by atoms with Gasteiger partial charge in [0.2, 0.25) is 0 Å². The van der Waals surface area contributed by atoms with E-state index in [1.165, 1.54) is 18.3 Å². The minimum absolute atomic E-state index is 0.239. The lowest BCUT2D eigenvalue weighted by atomic mass is 10.1. The van der Waals surface area contributed by atoms with Crippen LogP contribution in [0.25, 0.3) is 0 Å². The molecule has 0 bridgehead atoms. The molecule has 0 saturated carbocycles. The van der Waals surface area contributed by atoms with Crippen LogP contribution in [0.5, 0.6) is 0 Å². The first-order chi connectivity index (χ1) is 5.24. The van der Waals surface area contributed by atoms with E-state index in [2.05, 4.69) is 5.10 Å². The lowest BCUT2D eigenvalue weighted by Gasteiger charge is -1.97. The highest BCUT2D eigenvalue weighted by Gasteiger charge is 1.95. The molecule has 58 valence electrons. The van der Waals surface area contributed by atoms with Crippen molar-refractivity contribution in [2.45, 2.75) is 6.92 Å². The second-order valence-electron chi connectivity index (χ2n) is 2.28. The number of nitrogens with two attached hydrogens (primary N) is 1. The van der Waals surface area contributed by atoms with Crippen molar-refractivity contribution in [3.05, 3.63) is 35.1 Å². The molecule has 3 heteroatoms. The van der Waals surface area contributed by atoms with E-state index in [1.54, 1.807) is 13.0 Å². The van der Waals surface area contributed by atoms with Crippen LogP contribution in [0.2, 0.25) is 0 Å². The first-order valence-corrected chi connectivity index (χ1v) is 3.23. The molecule has 0 saturated heterocycles. The van der Waals surface area contributed by atoms with Gasteiger partial charge in [-0.05, 0) is 30.2 Å². The lowest BCUT2D eigenvalue weighted by molar-refractivity contribution is 0.626. The normalized spacial score (nSPS) is 10.7. The fourth-order valence-electron chi connectivity index (χ4n) is 0.864. The van der Waals surface area contributed by atoms with E-state index >= 15 is 0 Å². The molecular weight excluding hydrogens is 143 g/mol. The minimum Gasteiger partial charge on any atom is -0.323 e. The summed E-state index contributed by atoms with van der Waals surface area (Å²) in [6, 6.07) is 4.46. The van der Waals surface area contributed by atoms with Gasteiger partial charge in [0.25, 0.3) is 0 Å². The average Bonchev–Trinajstić information content (AvgIpc) is 1.95. The van der Waals surface area contributed by atoms with Crippen LogP contribution in [-0.4, -0.2) is 6.21 Å². The summed E-state index contributed by atoms with van der Waals surface area (Å²) in [6.07, 6.45) is 1.49. The van der Waals surface area contributed by atoms with Crippen molar-refractivity contribution in [3.8, 4) is 0 Å². The Labute approximate surface area is 64.5 Å². The molecule has 0 radical (unpaired) electrons. The number of hydrogen-bond donors (Lipinski definition) is 1. The molecular formula is C8H9FN2. The quantitative estimate of drug-likeness (QED) is 0.369. The zero-order chi connectivity index (χ0) is 8.27. The molecule has 1 rings (SSSR count). The van der Waals surface area contributed by atoms with Crippen LogP contribution in [-0.2, 0) is 0 Å². The molecule has 2 N–H and O–H groups in total. The maximum atomic E-state index is 12.5. The number of hydrogen-bond acceptors (Lipinski definition) is 2. The van der Waals surface area contributed by atoms with E-state index in [1.807, 2.05) is 0 Å². The first kappa shape index (κ1) is 7.72. The largest absolute Gasteiger partial charge is 0.323 e. The maximum absolute atomic E-state index is 12.5. The third-order valence-corrected chi connectivity index (χ3v) is 1.45. The number of halogens is 1. The van der Waals surface area contributed by atoms with Gasteiger partial charge in [-0.2, -0.15) is 5.10 Å². The molecule has 0 unspecified atom stereocenters. The summed E-state index contributed by atoms with van der Waals surface area (Å²) in [5, 5.41) is 3.35. The summed E-state index contributed by atoms with van der Waals surface area (Å²) in [5.41, 5.74) is 1.67. The number of benzene rings is 1. The lowest BCUT2D eigenvalue weighted by Crippen LogP contribution is -1.90. The summed E-state index contributed by atoms with van der Waals surface area (Å²) in [5.74, 6) is 4.70. The van der Waals surface area contributed by atoms with Gasteiger partial charge in [0, 0.05) is 0 Å². The Morgan fingerprint density at radius 1 is 1.55 bits per heavy atom. The molecule has 0 heterocycles. The monoisotopic (exact) mass is 152 g/mol. The standard InChI is InChI=1S/C8H9FN2/c1-6-4-8(9)3-2-7(6)5-11-10/h2-5H,10H2,1H3. The highest BCUT2D eigenvalue weighted by molar-refractivity contribution is 5.81. The van der Waals surface area contributed by atoms with E-state index in [4.69, 9.17) is 5.84 Å². The Morgan fingerprint density at radius 3 is 2.82 bits per heavy atom. The molecule has 0 spiro atoms. The predicted molar refractivity (Wildman–Crippen MR) is 42.9 cm³/mol. The van der Waals surface area contributed by atoms with E-state index in [9.17, 15) is 4.39 Å². The first-order valence-electron chi connectivity index (χ1n) is 3.23. The van der Waals surface area contributed by atoms with Gasteiger partial charge >= 0.3 is 0 Å². The van der Waals surface area contributed by atoms with Crippen LogP contribution in [0.4, 0.5) is 4.39 Å². The van der Waals surface area contributed by atoms with Crippen LogP contribution < -0.4 is 5.84 Å². The van der Waals surface area contributed by atoms with Gasteiger partial charge in [-0.1, -0.05) is 6.07 Å². The summed E-state index contributed by atoms with van der Waals surface area (Å²) in [7, 11) is 0. The van der Waals surface area contributed by atoms with Crippen molar-refractivity contribution < 1.29 is 4.39 Å². The Kier molecular flexibility index (Phi) is 2.21. The van der Waals surface area contributed by atoms with Gasteiger partial charge in [0.1, 0.15) is 5.82 Å². The second kappa shape index (κ2) is 3.14. The van der Waals surface area contributed by atoms with Crippen LogP contribution in [0.3, 0.4) is 0 Å². The number of rotatable bonds is 1. The maximum Gasteiger partial charge on any atom is 0.123 e. The molecule has 11 heavy (non-hydrogen) atoms. The molecule has 0 aromatic heterocycles. The van der Waals surface area contributed by atoms with Crippen molar-refractivity contribution >= 4 is 6.21 Å². The Hall–Kier alpha value is -1.38. The summed E-state index contributed by atoms with van der Waals surface area (Å²) < 4.78 is 12.5. The van der Waals surface area contributed by atoms with E-state index < -0.39 is 0 Å². The third kappa shape index (κ3) is 1.77. The fourth-order valence-corrected chi connectivity index (χ4v) is 0.864. The van der Waals surface area contributed by atoms with Gasteiger partial charge in [0.15, 0.2) is 0 Å². The van der Waals surface area contributed by atoms with E-state index in [0.717, 1.165) is 11.1 Å². The molecule has 0 aliphatic carbocycles. The molecule has 0 aliphatic rings. The van der Waals surface area contributed by atoms with Gasteiger partial charge in [-0.15, -0.1) is 0 Å². The fraction of sp³-hybridized carbons (Fsp3) is 0.125. The SMILES string of the molecule is Cc1cc(F)ccc1C=NN. The zero-order valence-corrected chi connectivity index (χ0v) is 6.21. The molecule has 0 aliphatic heterocycles. The van der Waals surface area contributed by atoms with Crippen LogP contribution in [0.15, 0.2) is 23.3 Å². The van der Waals surface area contributed by atoms with Crippen molar-refractivity contribution in [2.75, 3.05) is 0 Å². The molecule has 0 amide bonds. The van der Waals surface area contributed by atoms with E-state index in [-0.39, 0.29) is 5.82 Å². The van der Waals surface area contributed by atoms with E-state index in [0.29, 0.717) is 0 Å². The second-order valence-corrected chi connectivity index (χ2v) is 2.28. The molecule has 0 atom stereocenters. The van der Waals surface area contributed by atoms with Crippen LogP contribution >= 0.6 is 0 Å². The van der Waals surface area contributed by atoms with Crippen molar-refractivity contribution in [3.63, 3.8) is 0 Å². The van der Waals surface area contributed by atoms with Crippen LogP contribution in [0.1, 0.15) is 11.1 Å². The van der Waals surface area contributed by atoms with Crippen molar-refractivity contribution in [1.29, 1.82) is 0 Å². The highest BCUT2D eigenvalue weighted by atomic mass is 19.1. The van der Waals surface area contributed by atoms with Gasteiger partial charge in [0.05, 0.1) is 6.21 Å². The number of hydrazone groups is 1. The molecule has 1 aromatic carbocycles. The summed E-state index contributed by atoms with van der Waals surface area (Å²) >= 11 is 0. The zero-order valence-electron chi connectivity index (χ0n) is 6.21. The topological polar surface area (TPSA) is 38.4 Å². The molecule has 2 nitrogen and oxygen atoms in total. The van der Waals surface area contributed by atoms with Crippen molar-refractivity contribution in [2.24, 2.45) is 10.9 Å². The third-order valence-electron chi connectivity index (χ3n) is 1.45. The van der Waals surface area contributed by atoms with Gasteiger partial charge in [-0.25, -0.2) is 4.39 Å². The Bertz CT molecular complexity index is 281. The number of aryl methyl sites for hydroxylation is 1. The molecule has 1 aromatic rings. The number of nitrogens with zero attached hydrogens (tertiary/aromatic N) is 1. The molecule has 0 fully saturated rings. The Balaban J connectivity index is 3.09. The van der Waals surface area contributed by atoms with Crippen LogP contribution in [0, 0.1) is 12.7 Å². The summed E-state index contributed by atoms with van der Waals surface area (Å²) in [4.78, 5) is 0. The summed E-state index contributed by atoms with van der Waals surface area (Å²) in [6.45, 7) is 1.81. The predicted octanol–water partition coefficient (Wildman–Crippen LogP) is 1.43. The van der Waals surface area contributed by atoms with Gasteiger partial charge < -0.3 is 5.84 Å². The smallest absolute Gasteiger partial charge is 0.123 e. The average molecular weight is 152 g/mol. The highest BCUT2D eigenvalue weighted by Crippen LogP contribution is 2.07. The van der Waals surface area contributed by atoms with Crippen molar-refractivity contribution in [1.82, 2.24) is 0 Å². The van der Waals surface area contributed by atoms with Gasteiger partial charge in [-0.3, -0.25) is 0 Å². The minimum atomic E-state index is -0.239. The Morgan fingerprint density at radius 2 is 2.27 bits per heavy atom.